The van der Waals surface area contributed by atoms with E-state index in [1.54, 1.807) is 43.1 Å². The number of hydrogen-bond donors (Lipinski definition) is 1. The van der Waals surface area contributed by atoms with Gasteiger partial charge >= 0.3 is 0 Å². The molecule has 0 spiro atoms. The van der Waals surface area contributed by atoms with Gasteiger partial charge in [0.05, 0.1) is 11.6 Å². The number of carbonyl (C=O) groups excluding carboxylic acids is 1. The van der Waals surface area contributed by atoms with E-state index in [0.717, 1.165) is 0 Å². The van der Waals surface area contributed by atoms with Crippen molar-refractivity contribution in [3.8, 4) is 5.75 Å². The first-order valence-electron chi connectivity index (χ1n) is 6.19. The van der Waals surface area contributed by atoms with Gasteiger partial charge in [-0.15, -0.1) is 10.2 Å². The van der Waals surface area contributed by atoms with Crippen molar-refractivity contribution in [2.24, 2.45) is 7.05 Å². The van der Waals surface area contributed by atoms with Gasteiger partial charge in [-0.2, -0.15) is 0 Å². The van der Waals surface area contributed by atoms with E-state index in [1.807, 2.05) is 0 Å². The zero-order valence-corrected chi connectivity index (χ0v) is 13.0. The maximum Gasteiger partial charge on any atom is 0.261 e. The summed E-state index contributed by atoms with van der Waals surface area (Å²) >= 11 is 11.8. The van der Waals surface area contributed by atoms with Gasteiger partial charge in [0.25, 0.3) is 5.91 Å². The molecule has 0 aliphatic heterocycles. The van der Waals surface area contributed by atoms with Crippen LogP contribution in [0.2, 0.25) is 10.0 Å². The van der Waals surface area contributed by atoms with Crippen LogP contribution in [0.3, 0.4) is 0 Å². The number of carbonyl (C=O) groups is 1. The lowest BCUT2D eigenvalue weighted by Crippen LogP contribution is -2.36. The maximum atomic E-state index is 12.0. The molecule has 0 saturated carbocycles. The van der Waals surface area contributed by atoms with Crippen LogP contribution in [-0.4, -0.2) is 26.8 Å². The molecule has 0 bridgehead atoms. The molecule has 0 radical (unpaired) electrons. The number of benzene rings is 1. The van der Waals surface area contributed by atoms with Gasteiger partial charge in [0, 0.05) is 12.1 Å². The number of rotatable bonds is 5. The number of nitrogens with zero attached hydrogens (tertiary/aromatic N) is 3. The summed E-state index contributed by atoms with van der Waals surface area (Å²) in [5, 5.41) is 11.2. The van der Waals surface area contributed by atoms with Crippen LogP contribution in [0.25, 0.3) is 0 Å². The van der Waals surface area contributed by atoms with E-state index in [4.69, 9.17) is 27.9 Å². The SMILES string of the molecule is CC(Oc1ccc(Cl)cc1Cl)C(=O)NCc1nncn1C. The van der Waals surface area contributed by atoms with Crippen molar-refractivity contribution in [3.05, 3.63) is 40.4 Å². The molecule has 2 rings (SSSR count). The van der Waals surface area contributed by atoms with Gasteiger partial charge < -0.3 is 14.6 Å². The van der Waals surface area contributed by atoms with Crippen molar-refractivity contribution in [1.29, 1.82) is 0 Å². The Hall–Kier alpha value is -1.79. The molecule has 0 fully saturated rings. The minimum absolute atomic E-state index is 0.274. The van der Waals surface area contributed by atoms with Crippen LogP contribution in [0, 0.1) is 0 Å². The minimum atomic E-state index is -0.697. The third-order valence-corrected chi connectivity index (χ3v) is 3.32. The van der Waals surface area contributed by atoms with E-state index in [1.165, 1.54) is 0 Å². The third kappa shape index (κ3) is 4.09. The van der Waals surface area contributed by atoms with Crippen molar-refractivity contribution in [2.75, 3.05) is 0 Å². The van der Waals surface area contributed by atoms with Gasteiger partial charge in [-0.25, -0.2) is 0 Å². The number of ether oxygens (including phenoxy) is 1. The van der Waals surface area contributed by atoms with Gasteiger partial charge in [0.15, 0.2) is 11.9 Å². The van der Waals surface area contributed by atoms with Crippen LogP contribution in [0.1, 0.15) is 12.7 Å². The maximum absolute atomic E-state index is 12.0. The normalized spacial score (nSPS) is 12.0. The predicted molar refractivity (Wildman–Crippen MR) is 79.4 cm³/mol. The number of aryl methyl sites for hydroxylation is 1. The quantitative estimate of drug-likeness (QED) is 0.913. The highest BCUT2D eigenvalue weighted by Gasteiger charge is 2.16. The fraction of sp³-hybridized carbons (Fsp3) is 0.308. The summed E-state index contributed by atoms with van der Waals surface area (Å²) in [5.74, 6) is 0.784. The summed E-state index contributed by atoms with van der Waals surface area (Å²) in [6.07, 6.45) is 0.867. The van der Waals surface area contributed by atoms with Crippen molar-refractivity contribution >= 4 is 29.1 Å². The average Bonchev–Trinajstić information content (AvgIpc) is 2.84. The summed E-state index contributed by atoms with van der Waals surface area (Å²) in [6.45, 7) is 1.91. The van der Waals surface area contributed by atoms with Gasteiger partial charge in [0.1, 0.15) is 12.1 Å². The highest BCUT2D eigenvalue weighted by atomic mass is 35.5. The smallest absolute Gasteiger partial charge is 0.261 e. The Balaban J connectivity index is 1.92. The van der Waals surface area contributed by atoms with Crippen LogP contribution < -0.4 is 10.1 Å². The van der Waals surface area contributed by atoms with E-state index in [9.17, 15) is 4.79 Å². The number of hydrogen-bond acceptors (Lipinski definition) is 4. The van der Waals surface area contributed by atoms with Crippen molar-refractivity contribution in [3.63, 3.8) is 0 Å². The van der Waals surface area contributed by atoms with Crippen molar-refractivity contribution < 1.29 is 9.53 Å². The Labute approximate surface area is 132 Å². The van der Waals surface area contributed by atoms with E-state index in [-0.39, 0.29) is 12.5 Å². The molecule has 2 aromatic rings. The first-order chi connectivity index (χ1) is 9.97. The number of halogens is 2. The Kier molecular flexibility index (Phi) is 5.03. The largest absolute Gasteiger partial charge is 0.479 e. The van der Waals surface area contributed by atoms with E-state index in [2.05, 4.69) is 15.5 Å². The van der Waals surface area contributed by atoms with Crippen molar-refractivity contribution in [2.45, 2.75) is 19.6 Å². The topological polar surface area (TPSA) is 69.0 Å². The third-order valence-electron chi connectivity index (χ3n) is 2.79. The van der Waals surface area contributed by atoms with Gasteiger partial charge in [0.2, 0.25) is 0 Å². The molecule has 1 aromatic carbocycles. The second kappa shape index (κ2) is 6.78. The molecule has 0 saturated heterocycles. The average molecular weight is 329 g/mol. The number of aromatic nitrogens is 3. The van der Waals surface area contributed by atoms with Crippen LogP contribution in [0.5, 0.6) is 5.75 Å². The summed E-state index contributed by atoms with van der Waals surface area (Å²) < 4.78 is 7.24. The van der Waals surface area contributed by atoms with Gasteiger partial charge in [-0.3, -0.25) is 4.79 Å². The molecular weight excluding hydrogens is 315 g/mol. The van der Waals surface area contributed by atoms with Crippen LogP contribution >= 0.6 is 23.2 Å². The predicted octanol–water partition coefficient (Wildman–Crippen LogP) is 2.21. The molecule has 6 nitrogen and oxygen atoms in total. The molecule has 1 heterocycles. The zero-order chi connectivity index (χ0) is 15.4. The summed E-state index contributed by atoms with van der Waals surface area (Å²) in [6, 6.07) is 4.83. The standard InChI is InChI=1S/C13H14Cl2N4O2/c1-8(21-11-4-3-9(14)5-10(11)15)13(20)16-6-12-18-17-7-19(12)2/h3-5,7-8H,6H2,1-2H3,(H,16,20). The summed E-state index contributed by atoms with van der Waals surface area (Å²) in [7, 11) is 1.80. The van der Waals surface area contributed by atoms with Gasteiger partial charge in [-0.05, 0) is 25.1 Å². The first-order valence-corrected chi connectivity index (χ1v) is 6.95. The lowest BCUT2D eigenvalue weighted by molar-refractivity contribution is -0.127. The molecule has 1 N–H and O–H groups in total. The molecule has 8 heteroatoms. The van der Waals surface area contributed by atoms with Gasteiger partial charge in [-0.1, -0.05) is 23.2 Å². The van der Waals surface area contributed by atoms with Crippen LogP contribution in [-0.2, 0) is 18.4 Å². The molecule has 112 valence electrons. The minimum Gasteiger partial charge on any atom is -0.479 e. The van der Waals surface area contributed by atoms with Crippen LogP contribution in [0.15, 0.2) is 24.5 Å². The molecule has 21 heavy (non-hydrogen) atoms. The second-order valence-electron chi connectivity index (χ2n) is 4.41. The molecule has 1 unspecified atom stereocenters. The Bertz CT molecular complexity index is 645. The van der Waals surface area contributed by atoms with Crippen molar-refractivity contribution in [1.82, 2.24) is 20.1 Å². The van der Waals surface area contributed by atoms with Crippen LogP contribution in [0.4, 0.5) is 0 Å². The molecule has 1 amide bonds. The molecule has 1 aromatic heterocycles. The zero-order valence-electron chi connectivity index (χ0n) is 11.5. The fourth-order valence-corrected chi connectivity index (χ4v) is 2.04. The summed E-state index contributed by atoms with van der Waals surface area (Å²) in [4.78, 5) is 12.0. The molecular formula is C13H14Cl2N4O2. The highest BCUT2D eigenvalue weighted by Crippen LogP contribution is 2.28. The van der Waals surface area contributed by atoms with E-state index >= 15 is 0 Å². The van der Waals surface area contributed by atoms with E-state index in [0.29, 0.717) is 21.6 Å². The summed E-state index contributed by atoms with van der Waals surface area (Å²) in [5.41, 5.74) is 0. The molecule has 0 aliphatic carbocycles. The first kappa shape index (κ1) is 15.6. The van der Waals surface area contributed by atoms with E-state index < -0.39 is 6.10 Å². The monoisotopic (exact) mass is 328 g/mol. The number of amides is 1. The Morgan fingerprint density at radius 1 is 1.48 bits per heavy atom. The highest BCUT2D eigenvalue weighted by molar-refractivity contribution is 6.35. The molecule has 1 atom stereocenters. The lowest BCUT2D eigenvalue weighted by atomic mass is 10.3. The Morgan fingerprint density at radius 2 is 2.24 bits per heavy atom. The molecule has 0 aliphatic rings. The Morgan fingerprint density at radius 3 is 2.86 bits per heavy atom. The number of nitrogens with one attached hydrogen (secondary N) is 1. The fourth-order valence-electron chi connectivity index (χ4n) is 1.59. The second-order valence-corrected chi connectivity index (χ2v) is 5.25. The lowest BCUT2D eigenvalue weighted by Gasteiger charge is -2.15.